The van der Waals surface area contributed by atoms with Gasteiger partial charge >= 0.3 is 0 Å². The lowest BCUT2D eigenvalue weighted by Gasteiger charge is -2.21. The Hall–Kier alpha value is -2.73. The molecule has 0 saturated carbocycles. The number of aryl methyl sites for hydroxylation is 1. The fraction of sp³-hybridized carbons (Fsp3) is 0.333. The van der Waals surface area contributed by atoms with E-state index < -0.39 is 12.0 Å². The lowest BCUT2D eigenvalue weighted by atomic mass is 10.2. The lowest BCUT2D eigenvalue weighted by molar-refractivity contribution is -0.127. The van der Waals surface area contributed by atoms with Crippen LogP contribution in [-0.4, -0.2) is 36.4 Å². The number of halogens is 1. The SMILES string of the molecule is CCN(CC)c1ccc(/C=N\NC(=O)[C@H](C)Oc2ccc(Cl)c(C)c2)c(O)c1. The third-order valence-corrected chi connectivity index (χ3v) is 4.76. The summed E-state index contributed by atoms with van der Waals surface area (Å²) >= 11 is 5.99. The van der Waals surface area contributed by atoms with E-state index in [9.17, 15) is 9.90 Å². The van der Waals surface area contributed by atoms with E-state index in [0.29, 0.717) is 16.3 Å². The number of amides is 1. The molecular formula is C21H26ClN3O3. The van der Waals surface area contributed by atoms with Gasteiger partial charge in [-0.1, -0.05) is 11.6 Å². The molecule has 0 bridgehead atoms. The number of phenols is 1. The van der Waals surface area contributed by atoms with Gasteiger partial charge in [0.2, 0.25) is 0 Å². The normalized spacial score (nSPS) is 12.0. The summed E-state index contributed by atoms with van der Waals surface area (Å²) in [5, 5.41) is 14.7. The standard InChI is InChI=1S/C21H26ClN3O3/c1-5-25(6-2)17-8-7-16(20(26)12-17)13-23-24-21(27)15(4)28-18-9-10-19(22)14(3)11-18/h7-13,15,26H,5-6H2,1-4H3,(H,24,27)/b23-13-/t15-/m0/s1. The quantitative estimate of drug-likeness (QED) is 0.513. The van der Waals surface area contributed by atoms with Crippen molar-refractivity contribution in [3.63, 3.8) is 0 Å². The van der Waals surface area contributed by atoms with E-state index in [0.717, 1.165) is 24.3 Å². The Balaban J connectivity index is 1.95. The third kappa shape index (κ3) is 5.63. The van der Waals surface area contributed by atoms with E-state index in [1.54, 1.807) is 37.3 Å². The van der Waals surface area contributed by atoms with Crippen LogP contribution >= 0.6 is 11.6 Å². The molecule has 0 saturated heterocycles. The third-order valence-electron chi connectivity index (χ3n) is 4.33. The number of phenolic OH excluding ortho intramolecular Hbond substituents is 1. The van der Waals surface area contributed by atoms with Gasteiger partial charge in [-0.25, -0.2) is 5.43 Å². The van der Waals surface area contributed by atoms with Gasteiger partial charge in [0, 0.05) is 35.4 Å². The fourth-order valence-corrected chi connectivity index (χ4v) is 2.75. The first-order chi connectivity index (χ1) is 13.3. The number of carbonyl (C=O) groups excluding carboxylic acids is 1. The average molecular weight is 404 g/mol. The summed E-state index contributed by atoms with van der Waals surface area (Å²) in [5.74, 6) is 0.254. The second-order valence-corrected chi connectivity index (χ2v) is 6.73. The van der Waals surface area contributed by atoms with Crippen molar-refractivity contribution >= 4 is 29.4 Å². The van der Waals surface area contributed by atoms with Crippen LogP contribution in [0.1, 0.15) is 31.9 Å². The minimum atomic E-state index is -0.739. The van der Waals surface area contributed by atoms with Gasteiger partial charge in [-0.15, -0.1) is 0 Å². The summed E-state index contributed by atoms with van der Waals surface area (Å²) in [6.45, 7) is 9.31. The average Bonchev–Trinajstić information content (AvgIpc) is 2.67. The van der Waals surface area contributed by atoms with Gasteiger partial charge in [-0.3, -0.25) is 4.79 Å². The van der Waals surface area contributed by atoms with Crippen molar-refractivity contribution in [2.45, 2.75) is 33.8 Å². The van der Waals surface area contributed by atoms with Crippen LogP contribution in [0.4, 0.5) is 5.69 Å². The summed E-state index contributed by atoms with van der Waals surface area (Å²) < 4.78 is 5.61. The zero-order valence-electron chi connectivity index (χ0n) is 16.6. The molecule has 7 heteroatoms. The Morgan fingerprint density at radius 3 is 2.61 bits per heavy atom. The summed E-state index contributed by atoms with van der Waals surface area (Å²) in [7, 11) is 0. The predicted octanol–water partition coefficient (Wildman–Crippen LogP) is 4.12. The van der Waals surface area contributed by atoms with E-state index in [4.69, 9.17) is 16.3 Å². The van der Waals surface area contributed by atoms with Crippen LogP contribution in [-0.2, 0) is 4.79 Å². The zero-order valence-corrected chi connectivity index (χ0v) is 17.3. The van der Waals surface area contributed by atoms with Gasteiger partial charge in [-0.05, 0) is 63.6 Å². The number of hydrogen-bond donors (Lipinski definition) is 2. The van der Waals surface area contributed by atoms with Crippen LogP contribution in [0.25, 0.3) is 0 Å². The van der Waals surface area contributed by atoms with E-state index in [-0.39, 0.29) is 5.75 Å². The maximum Gasteiger partial charge on any atom is 0.280 e. The summed E-state index contributed by atoms with van der Waals surface area (Å²) in [6.07, 6.45) is 0.662. The van der Waals surface area contributed by atoms with Crippen LogP contribution in [0.2, 0.25) is 5.02 Å². The fourth-order valence-electron chi connectivity index (χ4n) is 2.63. The lowest BCUT2D eigenvalue weighted by Crippen LogP contribution is -2.33. The van der Waals surface area contributed by atoms with Crippen LogP contribution < -0.4 is 15.1 Å². The highest BCUT2D eigenvalue weighted by atomic mass is 35.5. The number of rotatable bonds is 8. The van der Waals surface area contributed by atoms with Crippen LogP contribution in [0.3, 0.4) is 0 Å². The van der Waals surface area contributed by atoms with E-state index in [1.807, 2.05) is 13.0 Å². The van der Waals surface area contributed by atoms with Crippen molar-refractivity contribution in [2.75, 3.05) is 18.0 Å². The van der Waals surface area contributed by atoms with E-state index in [2.05, 4.69) is 29.3 Å². The minimum Gasteiger partial charge on any atom is -0.507 e. The van der Waals surface area contributed by atoms with Crippen LogP contribution in [0.5, 0.6) is 11.5 Å². The largest absolute Gasteiger partial charge is 0.507 e. The van der Waals surface area contributed by atoms with Gasteiger partial charge in [0.1, 0.15) is 11.5 Å². The molecule has 1 amide bonds. The van der Waals surface area contributed by atoms with Crippen molar-refractivity contribution in [1.82, 2.24) is 5.43 Å². The summed E-state index contributed by atoms with van der Waals surface area (Å²) in [4.78, 5) is 14.3. The molecule has 2 aromatic carbocycles. The van der Waals surface area contributed by atoms with Gasteiger partial charge in [0.25, 0.3) is 5.91 Å². The molecule has 0 aromatic heterocycles. The first-order valence-electron chi connectivity index (χ1n) is 9.19. The zero-order chi connectivity index (χ0) is 20.7. The summed E-state index contributed by atoms with van der Waals surface area (Å²) in [5.41, 5.74) is 4.74. The molecule has 2 aromatic rings. The highest BCUT2D eigenvalue weighted by Crippen LogP contribution is 2.24. The Bertz CT molecular complexity index is 851. The van der Waals surface area contributed by atoms with Gasteiger partial charge < -0.3 is 14.7 Å². The molecule has 0 radical (unpaired) electrons. The number of anilines is 1. The van der Waals surface area contributed by atoms with Gasteiger partial charge in [0.15, 0.2) is 6.10 Å². The highest BCUT2D eigenvalue weighted by Gasteiger charge is 2.14. The van der Waals surface area contributed by atoms with Crippen molar-refractivity contribution in [2.24, 2.45) is 5.10 Å². The van der Waals surface area contributed by atoms with Crippen molar-refractivity contribution < 1.29 is 14.6 Å². The molecule has 0 aliphatic rings. The molecule has 0 heterocycles. The number of nitrogens with one attached hydrogen (secondary N) is 1. The second kappa shape index (κ2) is 9.99. The molecule has 2 N–H and O–H groups in total. The van der Waals surface area contributed by atoms with Crippen LogP contribution in [0.15, 0.2) is 41.5 Å². The molecule has 0 aliphatic carbocycles. The molecular weight excluding hydrogens is 378 g/mol. The molecule has 0 unspecified atom stereocenters. The molecule has 0 aliphatic heterocycles. The molecule has 1 atom stereocenters. The first-order valence-corrected chi connectivity index (χ1v) is 9.57. The van der Waals surface area contributed by atoms with E-state index >= 15 is 0 Å². The molecule has 28 heavy (non-hydrogen) atoms. The number of benzene rings is 2. The van der Waals surface area contributed by atoms with E-state index in [1.165, 1.54) is 6.21 Å². The molecule has 6 nitrogen and oxygen atoms in total. The number of hydrogen-bond acceptors (Lipinski definition) is 5. The topological polar surface area (TPSA) is 74.2 Å². The Morgan fingerprint density at radius 2 is 2.00 bits per heavy atom. The summed E-state index contributed by atoms with van der Waals surface area (Å²) in [6, 6.07) is 10.5. The monoisotopic (exact) mass is 403 g/mol. The number of ether oxygens (including phenoxy) is 1. The Labute approximate surface area is 170 Å². The number of carbonyl (C=O) groups is 1. The minimum absolute atomic E-state index is 0.100. The van der Waals surface area contributed by atoms with Crippen molar-refractivity contribution in [3.8, 4) is 11.5 Å². The maximum atomic E-state index is 12.2. The highest BCUT2D eigenvalue weighted by molar-refractivity contribution is 6.31. The first kappa shape index (κ1) is 21.6. The molecule has 150 valence electrons. The number of nitrogens with zero attached hydrogens (tertiary/aromatic N) is 2. The molecule has 0 spiro atoms. The van der Waals surface area contributed by atoms with Gasteiger partial charge in [-0.2, -0.15) is 5.10 Å². The molecule has 0 fully saturated rings. The smallest absolute Gasteiger partial charge is 0.280 e. The molecule has 2 rings (SSSR count). The van der Waals surface area contributed by atoms with Crippen molar-refractivity contribution in [3.05, 3.63) is 52.5 Å². The second-order valence-electron chi connectivity index (χ2n) is 6.32. The Kier molecular flexibility index (Phi) is 7.70. The van der Waals surface area contributed by atoms with Crippen molar-refractivity contribution in [1.29, 1.82) is 0 Å². The van der Waals surface area contributed by atoms with Crippen LogP contribution in [0, 0.1) is 6.92 Å². The van der Waals surface area contributed by atoms with Gasteiger partial charge in [0.05, 0.1) is 6.21 Å². The number of aromatic hydroxyl groups is 1. The maximum absolute atomic E-state index is 12.2. The Morgan fingerprint density at radius 1 is 1.29 bits per heavy atom. The number of hydrazone groups is 1. The predicted molar refractivity (Wildman–Crippen MR) is 114 cm³/mol.